The van der Waals surface area contributed by atoms with Gasteiger partial charge in [-0.15, -0.1) is 0 Å². The summed E-state index contributed by atoms with van der Waals surface area (Å²) in [6.07, 6.45) is 0. The van der Waals surface area contributed by atoms with Crippen molar-refractivity contribution in [1.82, 2.24) is 0 Å². The van der Waals surface area contributed by atoms with Crippen LogP contribution in [-0.2, 0) is 0 Å². The third-order valence-corrected chi connectivity index (χ3v) is 18.6. The summed E-state index contributed by atoms with van der Waals surface area (Å²) in [5, 5.41) is 1.90. The minimum Gasteiger partial charge on any atom is -0.458 e. The predicted molar refractivity (Wildman–Crippen MR) is 355 cm³/mol. The molecule has 0 aromatic heterocycles. The van der Waals surface area contributed by atoms with Gasteiger partial charge in [-0.05, 0) is 170 Å². The van der Waals surface area contributed by atoms with Crippen LogP contribution in [0.15, 0.2) is 261 Å². The summed E-state index contributed by atoms with van der Waals surface area (Å²) >= 11 is 22.2. The molecule has 0 bridgehead atoms. The van der Waals surface area contributed by atoms with E-state index in [1.165, 1.54) is 38.2 Å². The van der Waals surface area contributed by atoms with Crippen molar-refractivity contribution in [2.24, 2.45) is 0 Å². The first-order valence-electron chi connectivity index (χ1n) is 28.4. The standard InChI is InChI=1S/C72H43B3Cl3N5O/c76-44-34-63-70-64(35-44)80(48-22-8-2-9-23-48)59-42-61-56(40-54(59)73(70)52-30-16-18-32-58(52)79(63)47-20-6-1-7-21-47)75-57-41-55-60(83(51-28-14-5-15-29-51)67-38-46(78)39-69-72(67)74(55)53-31-17-19-33-68(53)84-69)43-62(57)82(50-26-12-4-13-27-50)66-37-45(77)36-65(71(66)75)81(61)49-24-10-3-11-25-49/h1-43H. The molecule has 0 N–H and O–H groups in total. The summed E-state index contributed by atoms with van der Waals surface area (Å²) in [5.41, 5.74) is 26.2. The minimum absolute atomic E-state index is 0.174. The van der Waals surface area contributed by atoms with Gasteiger partial charge in [-0.25, -0.2) is 0 Å². The first-order chi connectivity index (χ1) is 41.4. The fourth-order valence-electron chi connectivity index (χ4n) is 14.8. The van der Waals surface area contributed by atoms with Crippen LogP contribution < -0.4 is 78.4 Å². The van der Waals surface area contributed by atoms with Gasteiger partial charge in [0.15, 0.2) is 0 Å². The quantitative estimate of drug-likeness (QED) is 0.159. The Bertz CT molecular complexity index is 4740. The number of anilines is 15. The molecule has 12 aromatic carbocycles. The SMILES string of the molecule is Clc1cc2c3c(c1)N(c1ccccc1)c1cc4c(cc1B3c1ccccc1O2)B1c2cc3c(cc2N(c2ccccc2)c2cc(Cl)cc(c21)N4c1ccccc1)N(c1ccccc1)c1cc(Cl)cc2c1B3c1ccccc1N2c1ccccc1. The van der Waals surface area contributed by atoms with Gasteiger partial charge in [0.25, 0.3) is 20.1 Å². The van der Waals surface area contributed by atoms with Crippen molar-refractivity contribution in [3.8, 4) is 11.5 Å². The van der Waals surface area contributed by atoms with E-state index < -0.39 is 0 Å². The summed E-state index contributed by atoms with van der Waals surface area (Å²) in [4.78, 5) is 12.1. The third kappa shape index (κ3) is 6.86. The second kappa shape index (κ2) is 18.3. The molecule has 0 amide bonds. The molecule has 0 saturated carbocycles. The third-order valence-electron chi connectivity index (χ3n) is 17.9. The number of halogens is 3. The zero-order valence-electron chi connectivity index (χ0n) is 44.8. The van der Waals surface area contributed by atoms with Gasteiger partial charge in [0.1, 0.15) is 11.5 Å². The van der Waals surface area contributed by atoms with E-state index in [4.69, 9.17) is 39.5 Å². The van der Waals surface area contributed by atoms with E-state index in [0.29, 0.717) is 15.1 Å². The van der Waals surface area contributed by atoms with Gasteiger partial charge in [-0.2, -0.15) is 0 Å². The van der Waals surface area contributed by atoms with Gasteiger partial charge in [-0.3, -0.25) is 0 Å². The summed E-state index contributed by atoms with van der Waals surface area (Å²) in [7, 11) is 0. The molecule has 0 aliphatic carbocycles. The average Bonchev–Trinajstić information content (AvgIpc) is 1.00. The topological polar surface area (TPSA) is 25.4 Å². The minimum atomic E-state index is -0.282. The van der Waals surface area contributed by atoms with E-state index >= 15 is 0 Å². The van der Waals surface area contributed by atoms with E-state index in [1.54, 1.807) is 0 Å². The lowest BCUT2D eigenvalue weighted by atomic mass is 9.29. The molecule has 0 saturated heterocycles. The molecule has 0 spiro atoms. The number of rotatable bonds is 5. The normalized spacial score (nSPS) is 14.0. The number of nitrogens with zero attached hydrogens (tertiary/aromatic N) is 5. The van der Waals surface area contributed by atoms with Gasteiger partial charge in [0.05, 0.1) is 0 Å². The van der Waals surface area contributed by atoms with Crippen molar-refractivity contribution in [2.75, 3.05) is 24.5 Å². The Hall–Kier alpha value is -9.50. The Morgan fingerprint density at radius 2 is 0.524 bits per heavy atom. The second-order valence-corrected chi connectivity index (χ2v) is 23.7. The highest BCUT2D eigenvalue weighted by Gasteiger charge is 2.50. The molecule has 0 atom stereocenters. The lowest BCUT2D eigenvalue weighted by molar-refractivity contribution is 0.487. The summed E-state index contributed by atoms with van der Waals surface area (Å²) in [6.45, 7) is -0.643. The highest BCUT2D eigenvalue weighted by Crippen LogP contribution is 2.51. The Kier molecular flexibility index (Phi) is 10.4. The average molecular weight is 1130 g/mol. The molecular formula is C72H43B3Cl3N5O. The van der Waals surface area contributed by atoms with Crippen LogP contribution in [0.2, 0.25) is 15.1 Å². The molecule has 12 heteroatoms. The van der Waals surface area contributed by atoms with Crippen LogP contribution in [-0.4, -0.2) is 20.1 Å². The van der Waals surface area contributed by atoms with Gasteiger partial charge < -0.3 is 29.2 Å². The van der Waals surface area contributed by atoms with Crippen LogP contribution in [0.5, 0.6) is 11.5 Å². The van der Waals surface area contributed by atoms with Crippen LogP contribution in [0.3, 0.4) is 0 Å². The van der Waals surface area contributed by atoms with E-state index in [-0.39, 0.29) is 20.1 Å². The maximum Gasteiger partial charge on any atom is 0.256 e. The van der Waals surface area contributed by atoms with Gasteiger partial charge in [0, 0.05) is 100 Å². The highest BCUT2D eigenvalue weighted by molar-refractivity contribution is 7.04. The lowest BCUT2D eigenvalue weighted by Gasteiger charge is -2.48. The van der Waals surface area contributed by atoms with E-state index in [1.807, 2.05) is 6.07 Å². The molecule has 18 rings (SSSR count). The van der Waals surface area contributed by atoms with Crippen molar-refractivity contribution in [2.45, 2.75) is 0 Å². The van der Waals surface area contributed by atoms with E-state index in [0.717, 1.165) is 108 Å². The number of hydrogen-bond acceptors (Lipinski definition) is 6. The van der Waals surface area contributed by atoms with Crippen LogP contribution in [0.4, 0.5) is 85.3 Å². The maximum absolute atomic E-state index is 7.63. The maximum atomic E-state index is 7.63. The molecule has 12 aromatic rings. The molecule has 0 unspecified atom stereocenters. The van der Waals surface area contributed by atoms with Crippen LogP contribution in [0, 0.1) is 0 Å². The van der Waals surface area contributed by atoms with Crippen molar-refractivity contribution >= 4 is 189 Å². The van der Waals surface area contributed by atoms with Crippen LogP contribution in [0.25, 0.3) is 0 Å². The molecule has 6 aliphatic rings. The van der Waals surface area contributed by atoms with Gasteiger partial charge in [-0.1, -0.05) is 174 Å². The molecule has 6 heterocycles. The molecular weight excluding hydrogens is 1090 g/mol. The summed E-state index contributed by atoms with van der Waals surface area (Å²) < 4.78 is 6.88. The number of hydrogen-bond donors (Lipinski definition) is 0. The Morgan fingerprint density at radius 3 is 0.929 bits per heavy atom. The van der Waals surface area contributed by atoms with Gasteiger partial charge in [0.2, 0.25) is 0 Å². The van der Waals surface area contributed by atoms with Gasteiger partial charge >= 0.3 is 0 Å². The van der Waals surface area contributed by atoms with Crippen molar-refractivity contribution in [3.63, 3.8) is 0 Å². The Labute approximate surface area is 502 Å². The molecule has 392 valence electrons. The number of para-hydroxylation sites is 7. The van der Waals surface area contributed by atoms with E-state index in [2.05, 4.69) is 279 Å². The number of fused-ring (bicyclic) bond motifs is 12. The van der Waals surface area contributed by atoms with Crippen molar-refractivity contribution < 1.29 is 4.74 Å². The number of ether oxygens (including phenoxy) is 1. The fraction of sp³-hybridized carbons (Fsp3) is 0. The molecule has 84 heavy (non-hydrogen) atoms. The van der Waals surface area contributed by atoms with Crippen LogP contribution in [0.1, 0.15) is 0 Å². The lowest BCUT2D eigenvalue weighted by Crippen LogP contribution is -2.66. The molecule has 0 fully saturated rings. The van der Waals surface area contributed by atoms with Crippen LogP contribution >= 0.6 is 34.8 Å². The largest absolute Gasteiger partial charge is 0.458 e. The monoisotopic (exact) mass is 1130 g/mol. The first kappa shape index (κ1) is 48.1. The smallest absolute Gasteiger partial charge is 0.256 e. The zero-order chi connectivity index (χ0) is 55.5. The zero-order valence-corrected chi connectivity index (χ0v) is 47.1. The van der Waals surface area contributed by atoms with Crippen molar-refractivity contribution in [3.05, 3.63) is 276 Å². The molecule has 6 nitrogen and oxygen atoms in total. The fourth-order valence-corrected chi connectivity index (χ4v) is 15.4. The second-order valence-electron chi connectivity index (χ2n) is 22.3. The Balaban J connectivity index is 0.977. The Morgan fingerprint density at radius 1 is 0.226 bits per heavy atom. The summed E-state index contributed by atoms with van der Waals surface area (Å²) in [5.74, 6) is 1.58. The predicted octanol–water partition coefficient (Wildman–Crippen LogP) is 14.2. The molecule has 6 aliphatic heterocycles. The van der Waals surface area contributed by atoms with Crippen molar-refractivity contribution in [1.29, 1.82) is 0 Å². The van der Waals surface area contributed by atoms with E-state index in [9.17, 15) is 0 Å². The first-order valence-corrected chi connectivity index (χ1v) is 29.5. The number of benzene rings is 12. The highest BCUT2D eigenvalue weighted by atomic mass is 35.5. The molecule has 0 radical (unpaired) electrons. The summed E-state index contributed by atoms with van der Waals surface area (Å²) in [6, 6.07) is 93.9.